The summed E-state index contributed by atoms with van der Waals surface area (Å²) in [5.74, 6) is 0.829. The maximum atomic E-state index is 11.1. The fraction of sp³-hybridized carbons (Fsp3) is 0.179. The van der Waals surface area contributed by atoms with Gasteiger partial charge in [-0.3, -0.25) is 0 Å². The quantitative estimate of drug-likeness (QED) is 0.341. The number of carboxylic acids is 1. The summed E-state index contributed by atoms with van der Waals surface area (Å²) in [5.41, 5.74) is 3.76. The second kappa shape index (κ2) is 10.0. The Bertz CT molecular complexity index is 1200. The van der Waals surface area contributed by atoms with Crippen LogP contribution < -0.4 is 9.47 Å². The van der Waals surface area contributed by atoms with Crippen LogP contribution in [0.2, 0.25) is 0 Å². The van der Waals surface area contributed by atoms with E-state index in [2.05, 4.69) is 24.3 Å². The summed E-state index contributed by atoms with van der Waals surface area (Å²) in [5, 5.41) is 11.4. The van der Waals surface area contributed by atoms with Crippen LogP contribution in [0.5, 0.6) is 11.5 Å². The number of hydrogen-bond donors (Lipinski definition) is 1. The van der Waals surface area contributed by atoms with Crippen molar-refractivity contribution in [2.75, 3.05) is 7.11 Å². The van der Waals surface area contributed by atoms with Gasteiger partial charge in [0.15, 0.2) is 0 Å². The average molecular weight is 427 g/mol. The minimum atomic E-state index is -0.900. The third-order valence-electron chi connectivity index (χ3n) is 5.63. The molecular formula is C28H26O4. The van der Waals surface area contributed by atoms with Crippen molar-refractivity contribution in [1.82, 2.24) is 0 Å². The molecule has 0 unspecified atom stereocenters. The molecule has 0 saturated carbocycles. The van der Waals surface area contributed by atoms with E-state index in [4.69, 9.17) is 14.6 Å². The van der Waals surface area contributed by atoms with Gasteiger partial charge in [0.05, 0.1) is 12.7 Å². The third kappa shape index (κ3) is 5.09. The predicted octanol–water partition coefficient (Wildman–Crippen LogP) is 6.30. The van der Waals surface area contributed by atoms with Crippen molar-refractivity contribution in [3.63, 3.8) is 0 Å². The molecule has 0 atom stereocenters. The van der Waals surface area contributed by atoms with Crippen molar-refractivity contribution in [1.29, 1.82) is 0 Å². The Morgan fingerprint density at radius 2 is 1.62 bits per heavy atom. The van der Waals surface area contributed by atoms with E-state index in [1.165, 1.54) is 5.56 Å². The van der Waals surface area contributed by atoms with E-state index < -0.39 is 5.97 Å². The van der Waals surface area contributed by atoms with E-state index in [1.807, 2.05) is 48.5 Å². The molecule has 0 heterocycles. The summed E-state index contributed by atoms with van der Waals surface area (Å²) in [6, 6.07) is 27.5. The maximum absolute atomic E-state index is 11.1. The first-order chi connectivity index (χ1) is 15.6. The maximum Gasteiger partial charge on any atom is 0.335 e. The first-order valence-corrected chi connectivity index (χ1v) is 10.7. The number of hydrogen-bond acceptors (Lipinski definition) is 3. The van der Waals surface area contributed by atoms with E-state index in [0.717, 1.165) is 52.7 Å². The van der Waals surface area contributed by atoms with Crippen LogP contribution >= 0.6 is 0 Å². The molecule has 4 heteroatoms. The lowest BCUT2D eigenvalue weighted by atomic mass is 9.97. The van der Waals surface area contributed by atoms with Gasteiger partial charge in [-0.1, -0.05) is 54.6 Å². The SMILES string of the molecule is COc1ccc2c(CCCc3ccc(C(=O)O)cc3)c(OCc3ccccc3)ccc2c1. The molecule has 32 heavy (non-hydrogen) atoms. The fourth-order valence-electron chi connectivity index (χ4n) is 3.89. The number of fused-ring (bicyclic) bond motifs is 1. The molecule has 162 valence electrons. The number of ether oxygens (including phenoxy) is 2. The van der Waals surface area contributed by atoms with Gasteiger partial charge in [-0.15, -0.1) is 0 Å². The lowest BCUT2D eigenvalue weighted by molar-refractivity contribution is 0.0697. The highest BCUT2D eigenvalue weighted by molar-refractivity contribution is 5.89. The predicted molar refractivity (Wildman–Crippen MR) is 127 cm³/mol. The van der Waals surface area contributed by atoms with E-state index in [9.17, 15) is 4.79 Å². The van der Waals surface area contributed by atoms with Gasteiger partial charge in [-0.2, -0.15) is 0 Å². The standard InChI is InChI=1S/C28H26O4/c1-31-24-15-16-25-23(18-24)14-17-27(32-19-21-6-3-2-4-7-21)26(25)9-5-8-20-10-12-22(13-11-20)28(29)30/h2-4,6-7,10-18H,5,8-9,19H2,1H3,(H,29,30). The third-order valence-corrected chi connectivity index (χ3v) is 5.63. The molecule has 0 saturated heterocycles. The van der Waals surface area contributed by atoms with Crippen LogP contribution in [0.3, 0.4) is 0 Å². The normalized spacial score (nSPS) is 10.8. The number of carboxylic acid groups (broad SMARTS) is 1. The van der Waals surface area contributed by atoms with Crippen LogP contribution in [-0.2, 0) is 19.4 Å². The molecule has 0 radical (unpaired) electrons. The van der Waals surface area contributed by atoms with Gasteiger partial charge >= 0.3 is 5.97 Å². The Labute approximate surface area is 188 Å². The Morgan fingerprint density at radius 3 is 2.34 bits per heavy atom. The lowest BCUT2D eigenvalue weighted by Crippen LogP contribution is -2.01. The summed E-state index contributed by atoms with van der Waals surface area (Å²) in [7, 11) is 1.68. The number of rotatable bonds is 9. The summed E-state index contributed by atoms with van der Waals surface area (Å²) in [4.78, 5) is 11.1. The van der Waals surface area contributed by atoms with Gasteiger partial charge in [0, 0.05) is 5.56 Å². The molecule has 0 aromatic heterocycles. The zero-order valence-electron chi connectivity index (χ0n) is 18.1. The Balaban J connectivity index is 1.55. The van der Waals surface area contributed by atoms with E-state index in [0.29, 0.717) is 12.2 Å². The van der Waals surface area contributed by atoms with Crippen molar-refractivity contribution < 1.29 is 19.4 Å². The molecule has 0 spiro atoms. The average Bonchev–Trinajstić information content (AvgIpc) is 2.83. The molecule has 4 nitrogen and oxygen atoms in total. The second-order valence-electron chi connectivity index (χ2n) is 7.76. The molecule has 1 N–H and O–H groups in total. The second-order valence-corrected chi connectivity index (χ2v) is 7.76. The molecule has 0 bridgehead atoms. The van der Waals surface area contributed by atoms with Crippen molar-refractivity contribution in [3.05, 3.63) is 107 Å². The molecule has 4 aromatic carbocycles. The number of aryl methyl sites for hydroxylation is 2. The Morgan fingerprint density at radius 1 is 0.844 bits per heavy atom. The molecule has 0 fully saturated rings. The topological polar surface area (TPSA) is 55.8 Å². The first kappa shape index (κ1) is 21.4. The molecule has 0 aliphatic rings. The van der Waals surface area contributed by atoms with Gasteiger partial charge in [0.1, 0.15) is 18.1 Å². The van der Waals surface area contributed by atoms with Crippen molar-refractivity contribution in [3.8, 4) is 11.5 Å². The first-order valence-electron chi connectivity index (χ1n) is 10.7. The number of aromatic carboxylic acids is 1. The minimum Gasteiger partial charge on any atom is -0.497 e. The van der Waals surface area contributed by atoms with Gasteiger partial charge in [-0.05, 0) is 71.5 Å². The summed E-state index contributed by atoms with van der Waals surface area (Å²) in [6.45, 7) is 0.520. The zero-order valence-corrected chi connectivity index (χ0v) is 18.1. The summed E-state index contributed by atoms with van der Waals surface area (Å²) < 4.78 is 11.6. The molecule has 0 aliphatic carbocycles. The molecule has 0 amide bonds. The summed E-state index contributed by atoms with van der Waals surface area (Å²) in [6.07, 6.45) is 2.65. The van der Waals surface area contributed by atoms with Crippen LogP contribution in [0, 0.1) is 0 Å². The summed E-state index contributed by atoms with van der Waals surface area (Å²) >= 11 is 0. The minimum absolute atomic E-state index is 0.313. The van der Waals surface area contributed by atoms with Crippen molar-refractivity contribution in [2.45, 2.75) is 25.9 Å². The van der Waals surface area contributed by atoms with Crippen molar-refractivity contribution >= 4 is 16.7 Å². The van der Waals surface area contributed by atoms with Gasteiger partial charge in [0.2, 0.25) is 0 Å². The molecule has 4 aromatic rings. The highest BCUT2D eigenvalue weighted by Crippen LogP contribution is 2.32. The Hall–Kier alpha value is -3.79. The highest BCUT2D eigenvalue weighted by atomic mass is 16.5. The van der Waals surface area contributed by atoms with E-state index >= 15 is 0 Å². The smallest absolute Gasteiger partial charge is 0.335 e. The highest BCUT2D eigenvalue weighted by Gasteiger charge is 2.11. The largest absolute Gasteiger partial charge is 0.497 e. The number of methoxy groups -OCH3 is 1. The van der Waals surface area contributed by atoms with Crippen LogP contribution in [0.15, 0.2) is 84.9 Å². The van der Waals surface area contributed by atoms with Crippen LogP contribution in [0.25, 0.3) is 10.8 Å². The number of benzene rings is 4. The molecular weight excluding hydrogens is 400 g/mol. The lowest BCUT2D eigenvalue weighted by Gasteiger charge is -2.15. The van der Waals surface area contributed by atoms with E-state index in [-0.39, 0.29) is 0 Å². The van der Waals surface area contributed by atoms with E-state index in [1.54, 1.807) is 19.2 Å². The van der Waals surface area contributed by atoms with Crippen LogP contribution in [0.4, 0.5) is 0 Å². The zero-order chi connectivity index (χ0) is 22.3. The van der Waals surface area contributed by atoms with Gasteiger partial charge in [-0.25, -0.2) is 4.79 Å². The van der Waals surface area contributed by atoms with Crippen molar-refractivity contribution in [2.24, 2.45) is 0 Å². The van der Waals surface area contributed by atoms with Gasteiger partial charge < -0.3 is 14.6 Å². The van der Waals surface area contributed by atoms with Crippen LogP contribution in [0.1, 0.15) is 33.5 Å². The Kier molecular flexibility index (Phi) is 6.71. The van der Waals surface area contributed by atoms with Gasteiger partial charge in [0.25, 0.3) is 0 Å². The molecule has 4 rings (SSSR count). The number of carbonyl (C=O) groups is 1. The van der Waals surface area contributed by atoms with Crippen LogP contribution in [-0.4, -0.2) is 18.2 Å². The monoisotopic (exact) mass is 426 g/mol. The molecule has 0 aliphatic heterocycles. The fourth-order valence-corrected chi connectivity index (χ4v) is 3.89.